The second kappa shape index (κ2) is 14.1. The van der Waals surface area contributed by atoms with Crippen LogP contribution < -0.4 is 0 Å². The molecule has 1 aliphatic heterocycles. The van der Waals surface area contributed by atoms with Crippen LogP contribution in [0.15, 0.2) is 66.9 Å². The molecule has 0 bridgehead atoms. The van der Waals surface area contributed by atoms with Crippen LogP contribution in [0.4, 0.5) is 0 Å². The van der Waals surface area contributed by atoms with Crippen molar-refractivity contribution in [1.82, 2.24) is 14.8 Å². The Morgan fingerprint density at radius 3 is 2.45 bits per heavy atom. The molecule has 224 valence electrons. The number of carbonyl (C=O) groups is 1. The van der Waals surface area contributed by atoms with Gasteiger partial charge in [0.2, 0.25) is 0 Å². The van der Waals surface area contributed by atoms with Crippen molar-refractivity contribution in [1.29, 1.82) is 0 Å². The van der Waals surface area contributed by atoms with Gasteiger partial charge in [-0.25, -0.2) is 0 Å². The second-order valence-electron chi connectivity index (χ2n) is 13.4. The third kappa shape index (κ3) is 7.41. The summed E-state index contributed by atoms with van der Waals surface area (Å²) in [5, 5.41) is 11.1. The van der Waals surface area contributed by atoms with Gasteiger partial charge in [0.15, 0.2) is 0 Å². The first-order valence-electron chi connectivity index (χ1n) is 16.7. The van der Waals surface area contributed by atoms with Crippen LogP contribution in [0.5, 0.6) is 0 Å². The zero-order valence-corrected chi connectivity index (χ0v) is 25.2. The number of nitrogens with zero attached hydrogens (tertiary/aromatic N) is 3. The largest absolute Gasteiger partial charge is 0.480 e. The highest BCUT2D eigenvalue weighted by molar-refractivity contribution is 5.78. The summed E-state index contributed by atoms with van der Waals surface area (Å²) in [4.78, 5) is 21.7. The quantitative estimate of drug-likeness (QED) is 0.259. The molecule has 1 saturated heterocycles. The van der Waals surface area contributed by atoms with Crippen LogP contribution in [0.2, 0.25) is 0 Å². The monoisotopic (exact) mass is 567 g/mol. The van der Waals surface area contributed by atoms with E-state index in [2.05, 4.69) is 81.6 Å². The summed E-state index contributed by atoms with van der Waals surface area (Å²) in [5.41, 5.74) is 3.89. The van der Waals surface area contributed by atoms with Crippen LogP contribution >= 0.6 is 0 Å². The lowest BCUT2D eigenvalue weighted by molar-refractivity contribution is -0.140. The number of piperidine rings is 1. The van der Waals surface area contributed by atoms with Crippen molar-refractivity contribution in [3.8, 4) is 0 Å². The van der Waals surface area contributed by atoms with E-state index in [1.807, 2.05) is 0 Å². The lowest BCUT2D eigenvalue weighted by Gasteiger charge is -2.38. The molecule has 3 aromatic rings. The number of aromatic nitrogens is 1. The number of aliphatic carboxylic acids is 1. The standard InChI is InChI=1S/C37H49N3O2/c41-37(42)27-40(33-15-5-2-6-16-33)34-23-32(35(24-34)30-12-3-1-4-13-30)26-39-20-18-28(19-21-39)10-9-11-29-22-31-14-7-8-17-36(31)38-25-29/h1,3-4,7-8,12-14,17,22,25,28,32-35H,2,5-6,9-11,15-16,18-21,23-24,26-27H2,(H,41,42). The number of pyridine rings is 1. The molecule has 1 aromatic heterocycles. The van der Waals surface area contributed by atoms with Crippen LogP contribution in [0.1, 0.15) is 87.7 Å². The molecule has 0 spiro atoms. The molecule has 2 aromatic carbocycles. The normalized spacial score (nSPS) is 24.5. The molecule has 5 nitrogen and oxygen atoms in total. The Hall–Kier alpha value is -2.76. The lowest BCUT2D eigenvalue weighted by atomic mass is 9.87. The first-order chi connectivity index (χ1) is 20.6. The SMILES string of the molecule is O=C(O)CN(C1CCCCC1)C1CC(CN2CCC(CCCc3cnc4ccccc4c3)CC2)C(c2ccccc2)C1. The zero-order valence-electron chi connectivity index (χ0n) is 25.2. The van der Waals surface area contributed by atoms with E-state index >= 15 is 0 Å². The maximum Gasteiger partial charge on any atom is 0.317 e. The van der Waals surface area contributed by atoms with Gasteiger partial charge in [-0.05, 0) is 105 Å². The number of para-hydroxylation sites is 1. The lowest BCUT2D eigenvalue weighted by Crippen LogP contribution is -2.46. The molecule has 3 unspecified atom stereocenters. The fraction of sp³-hybridized carbons (Fsp3) is 0.568. The fourth-order valence-electron chi connectivity index (χ4n) is 8.44. The van der Waals surface area contributed by atoms with Gasteiger partial charge >= 0.3 is 5.97 Å². The van der Waals surface area contributed by atoms with Gasteiger partial charge in [0, 0.05) is 30.2 Å². The minimum atomic E-state index is -0.667. The Balaban J connectivity index is 1.03. The Morgan fingerprint density at radius 2 is 1.67 bits per heavy atom. The van der Waals surface area contributed by atoms with Crippen LogP contribution in [0.25, 0.3) is 10.9 Å². The Morgan fingerprint density at radius 1 is 0.905 bits per heavy atom. The topological polar surface area (TPSA) is 56.7 Å². The number of aryl methyl sites for hydroxylation is 1. The molecule has 0 radical (unpaired) electrons. The number of rotatable bonds is 11. The summed E-state index contributed by atoms with van der Waals surface area (Å²) in [5.74, 6) is 1.27. The Kier molecular flexibility index (Phi) is 9.87. The van der Waals surface area contributed by atoms with Crippen LogP contribution in [-0.2, 0) is 11.2 Å². The molecule has 2 aliphatic carbocycles. The smallest absolute Gasteiger partial charge is 0.317 e. The molecular formula is C37H49N3O2. The average molecular weight is 568 g/mol. The van der Waals surface area contributed by atoms with E-state index < -0.39 is 5.97 Å². The summed E-state index contributed by atoms with van der Waals surface area (Å²) in [7, 11) is 0. The highest BCUT2D eigenvalue weighted by Crippen LogP contribution is 2.44. The molecule has 3 fully saturated rings. The van der Waals surface area contributed by atoms with Gasteiger partial charge in [-0.3, -0.25) is 14.7 Å². The van der Waals surface area contributed by atoms with Crippen molar-refractivity contribution in [2.24, 2.45) is 11.8 Å². The van der Waals surface area contributed by atoms with Crippen LogP contribution in [0, 0.1) is 11.8 Å². The van der Waals surface area contributed by atoms with E-state index in [0.29, 0.717) is 23.9 Å². The number of likely N-dealkylation sites (tertiary alicyclic amines) is 1. The number of benzene rings is 2. The molecule has 2 saturated carbocycles. The van der Waals surface area contributed by atoms with Gasteiger partial charge < -0.3 is 10.0 Å². The van der Waals surface area contributed by atoms with E-state index in [4.69, 9.17) is 0 Å². The van der Waals surface area contributed by atoms with Crippen LogP contribution in [0.3, 0.4) is 0 Å². The summed E-state index contributed by atoms with van der Waals surface area (Å²) >= 11 is 0. The van der Waals surface area contributed by atoms with E-state index in [9.17, 15) is 9.90 Å². The maximum atomic E-state index is 11.9. The van der Waals surface area contributed by atoms with Crippen molar-refractivity contribution in [2.45, 2.75) is 95.1 Å². The van der Waals surface area contributed by atoms with Gasteiger partial charge in [-0.15, -0.1) is 0 Å². The third-order valence-electron chi connectivity index (χ3n) is 10.7. The minimum Gasteiger partial charge on any atom is -0.480 e. The highest BCUT2D eigenvalue weighted by atomic mass is 16.4. The molecule has 42 heavy (non-hydrogen) atoms. The van der Waals surface area contributed by atoms with Crippen molar-refractivity contribution in [2.75, 3.05) is 26.2 Å². The van der Waals surface area contributed by atoms with Crippen molar-refractivity contribution in [3.05, 3.63) is 78.0 Å². The van der Waals surface area contributed by atoms with Crippen molar-refractivity contribution < 1.29 is 9.90 Å². The molecular weight excluding hydrogens is 518 g/mol. The zero-order chi connectivity index (χ0) is 28.7. The van der Waals surface area contributed by atoms with Gasteiger partial charge in [0.1, 0.15) is 0 Å². The van der Waals surface area contributed by atoms with Gasteiger partial charge in [0.05, 0.1) is 12.1 Å². The molecule has 0 amide bonds. The molecule has 1 N–H and O–H groups in total. The van der Waals surface area contributed by atoms with E-state index in [-0.39, 0.29) is 6.54 Å². The van der Waals surface area contributed by atoms with E-state index in [1.54, 1.807) is 0 Å². The summed E-state index contributed by atoms with van der Waals surface area (Å²) in [6.45, 7) is 3.75. The highest BCUT2D eigenvalue weighted by Gasteiger charge is 2.41. The fourth-order valence-corrected chi connectivity index (χ4v) is 8.44. The van der Waals surface area contributed by atoms with E-state index in [1.165, 1.54) is 74.5 Å². The number of carboxylic acid groups (broad SMARTS) is 1. The van der Waals surface area contributed by atoms with Gasteiger partial charge in [-0.1, -0.05) is 74.2 Å². The van der Waals surface area contributed by atoms with Crippen molar-refractivity contribution >= 4 is 16.9 Å². The summed E-state index contributed by atoms with van der Waals surface area (Å²) in [6.07, 6.45) is 16.7. The Labute approximate surface area is 252 Å². The molecule has 3 aliphatic rings. The summed E-state index contributed by atoms with van der Waals surface area (Å²) < 4.78 is 0. The minimum absolute atomic E-state index is 0.199. The molecule has 3 atom stereocenters. The molecule has 6 rings (SSSR count). The number of fused-ring (bicyclic) bond motifs is 1. The van der Waals surface area contributed by atoms with E-state index in [0.717, 1.165) is 50.1 Å². The predicted molar refractivity (Wildman–Crippen MR) is 171 cm³/mol. The average Bonchev–Trinajstić information content (AvgIpc) is 3.45. The number of hydrogen-bond donors (Lipinski definition) is 1. The number of hydrogen-bond acceptors (Lipinski definition) is 4. The predicted octanol–water partition coefficient (Wildman–Crippen LogP) is 7.55. The second-order valence-corrected chi connectivity index (χ2v) is 13.4. The summed E-state index contributed by atoms with van der Waals surface area (Å²) in [6, 6.07) is 22.6. The van der Waals surface area contributed by atoms with Gasteiger partial charge in [-0.2, -0.15) is 0 Å². The van der Waals surface area contributed by atoms with Gasteiger partial charge in [0.25, 0.3) is 0 Å². The maximum absolute atomic E-state index is 11.9. The molecule has 2 heterocycles. The first kappa shape index (κ1) is 29.3. The van der Waals surface area contributed by atoms with Crippen LogP contribution in [-0.4, -0.2) is 64.1 Å². The first-order valence-corrected chi connectivity index (χ1v) is 16.7. The molecule has 5 heteroatoms. The number of carboxylic acids is 1. The Bertz CT molecular complexity index is 1280. The third-order valence-corrected chi connectivity index (χ3v) is 10.7. The van der Waals surface area contributed by atoms with Crippen molar-refractivity contribution in [3.63, 3.8) is 0 Å².